The largest absolute Gasteiger partial charge is 0.495 e. The third kappa shape index (κ3) is 2.92. The average Bonchev–Trinajstić information content (AvgIpc) is 3.28. The van der Waals surface area contributed by atoms with Crippen LogP contribution in [0.25, 0.3) is 0 Å². The molecule has 6 heteroatoms. The van der Waals surface area contributed by atoms with Gasteiger partial charge in [0.05, 0.1) is 19.9 Å². The van der Waals surface area contributed by atoms with Crippen LogP contribution < -0.4 is 14.4 Å². The summed E-state index contributed by atoms with van der Waals surface area (Å²) < 4.78 is 11.1. The topological polar surface area (TPSA) is 42.0 Å². The first-order valence-corrected chi connectivity index (χ1v) is 9.90. The van der Waals surface area contributed by atoms with Crippen molar-refractivity contribution in [1.29, 1.82) is 0 Å². The third-order valence-corrected chi connectivity index (χ3v) is 6.52. The van der Waals surface area contributed by atoms with Gasteiger partial charge in [0, 0.05) is 36.6 Å². The minimum absolute atomic E-state index is 0.112. The quantitative estimate of drug-likeness (QED) is 0.826. The molecule has 138 valence electrons. The fraction of sp³-hybridized carbons (Fsp3) is 0.450. The van der Waals surface area contributed by atoms with Crippen LogP contribution in [0, 0.1) is 0 Å². The molecule has 1 aromatic heterocycles. The smallest absolute Gasteiger partial charge is 0.267 e. The highest BCUT2D eigenvalue weighted by molar-refractivity contribution is 7.14. The van der Waals surface area contributed by atoms with Crippen molar-refractivity contribution >= 4 is 22.9 Å². The molecule has 0 radical (unpaired) electrons. The first kappa shape index (κ1) is 17.2. The van der Waals surface area contributed by atoms with E-state index in [1.165, 1.54) is 16.9 Å². The molecule has 0 atom stereocenters. The number of thiophene rings is 1. The molecule has 0 spiro atoms. The molecule has 1 aliphatic carbocycles. The average molecular weight is 372 g/mol. The summed E-state index contributed by atoms with van der Waals surface area (Å²) in [6.45, 7) is 3.03. The number of benzene rings is 1. The lowest BCUT2D eigenvalue weighted by Crippen LogP contribution is -2.48. The number of piperazine rings is 1. The number of carbonyl (C=O) groups is 1. The number of carbonyl (C=O) groups excluding carboxylic acids is 1. The SMILES string of the molecule is COc1ccccc1N1CCN(C(=O)c2sc3c(c2OC)CCC3)CC1. The molecule has 4 rings (SSSR count). The Morgan fingerprint density at radius 3 is 2.54 bits per heavy atom. The minimum atomic E-state index is 0.112. The van der Waals surface area contributed by atoms with E-state index in [1.807, 2.05) is 23.1 Å². The molecule has 1 fully saturated rings. The third-order valence-electron chi connectivity index (χ3n) is 5.26. The number of rotatable bonds is 4. The van der Waals surface area contributed by atoms with Crippen LogP contribution >= 0.6 is 11.3 Å². The second-order valence-corrected chi connectivity index (χ2v) is 7.78. The van der Waals surface area contributed by atoms with Crippen LogP contribution in [0.1, 0.15) is 26.5 Å². The maximum Gasteiger partial charge on any atom is 0.267 e. The molecular weight excluding hydrogens is 348 g/mol. The molecular formula is C20H24N2O3S. The molecule has 0 unspecified atom stereocenters. The van der Waals surface area contributed by atoms with E-state index in [-0.39, 0.29) is 5.91 Å². The van der Waals surface area contributed by atoms with E-state index in [4.69, 9.17) is 9.47 Å². The number of aryl methyl sites for hydroxylation is 1. The number of nitrogens with zero attached hydrogens (tertiary/aromatic N) is 2. The van der Waals surface area contributed by atoms with Gasteiger partial charge in [-0.15, -0.1) is 11.3 Å². The maximum atomic E-state index is 13.1. The molecule has 2 heterocycles. The second-order valence-electron chi connectivity index (χ2n) is 6.67. The van der Waals surface area contributed by atoms with E-state index in [2.05, 4.69) is 11.0 Å². The molecule has 26 heavy (non-hydrogen) atoms. The van der Waals surface area contributed by atoms with E-state index in [0.29, 0.717) is 13.1 Å². The lowest BCUT2D eigenvalue weighted by Gasteiger charge is -2.36. The number of methoxy groups -OCH3 is 2. The predicted molar refractivity (Wildman–Crippen MR) is 104 cm³/mol. The molecule has 0 N–H and O–H groups in total. The van der Waals surface area contributed by atoms with Gasteiger partial charge >= 0.3 is 0 Å². The lowest BCUT2D eigenvalue weighted by atomic mass is 10.2. The van der Waals surface area contributed by atoms with Crippen molar-refractivity contribution in [2.24, 2.45) is 0 Å². The number of hydrogen-bond acceptors (Lipinski definition) is 5. The Balaban J connectivity index is 1.48. The lowest BCUT2D eigenvalue weighted by molar-refractivity contribution is 0.0748. The minimum Gasteiger partial charge on any atom is -0.495 e. The molecule has 2 aliphatic rings. The number of hydrogen-bond donors (Lipinski definition) is 0. The Morgan fingerprint density at radius 2 is 1.81 bits per heavy atom. The number of para-hydroxylation sites is 2. The molecule has 0 bridgehead atoms. The number of ether oxygens (including phenoxy) is 2. The summed E-state index contributed by atoms with van der Waals surface area (Å²) in [4.78, 5) is 19.4. The Bertz CT molecular complexity index is 809. The summed E-state index contributed by atoms with van der Waals surface area (Å²) in [6.07, 6.45) is 3.28. The number of fused-ring (bicyclic) bond motifs is 1. The fourth-order valence-corrected chi connectivity index (χ4v) is 5.24. The van der Waals surface area contributed by atoms with Gasteiger partial charge in [-0.1, -0.05) is 12.1 Å². The van der Waals surface area contributed by atoms with Gasteiger partial charge in [-0.2, -0.15) is 0 Å². The highest BCUT2D eigenvalue weighted by Gasteiger charge is 2.31. The van der Waals surface area contributed by atoms with Gasteiger partial charge in [0.2, 0.25) is 0 Å². The molecule has 1 saturated heterocycles. The van der Waals surface area contributed by atoms with Crippen molar-refractivity contribution in [1.82, 2.24) is 4.90 Å². The number of amides is 1. The summed E-state index contributed by atoms with van der Waals surface area (Å²) >= 11 is 1.63. The maximum absolute atomic E-state index is 13.1. The first-order chi connectivity index (χ1) is 12.7. The van der Waals surface area contributed by atoms with Gasteiger partial charge in [0.1, 0.15) is 16.4 Å². The van der Waals surface area contributed by atoms with E-state index < -0.39 is 0 Å². The first-order valence-electron chi connectivity index (χ1n) is 9.08. The zero-order chi connectivity index (χ0) is 18.1. The summed E-state index contributed by atoms with van der Waals surface area (Å²) in [5.74, 6) is 1.81. The van der Waals surface area contributed by atoms with E-state index in [0.717, 1.165) is 48.0 Å². The highest BCUT2D eigenvalue weighted by atomic mass is 32.1. The molecule has 1 aromatic carbocycles. The monoisotopic (exact) mass is 372 g/mol. The van der Waals surface area contributed by atoms with E-state index >= 15 is 0 Å². The van der Waals surface area contributed by atoms with Crippen LogP contribution in [0.5, 0.6) is 11.5 Å². The normalized spacial score (nSPS) is 16.5. The van der Waals surface area contributed by atoms with Crippen molar-refractivity contribution < 1.29 is 14.3 Å². The van der Waals surface area contributed by atoms with Gasteiger partial charge < -0.3 is 19.3 Å². The predicted octanol–water partition coefficient (Wildman–Crippen LogP) is 3.22. The van der Waals surface area contributed by atoms with Crippen molar-refractivity contribution in [3.05, 3.63) is 39.6 Å². The summed E-state index contributed by atoms with van der Waals surface area (Å²) in [5, 5.41) is 0. The fourth-order valence-electron chi connectivity index (χ4n) is 3.92. The van der Waals surface area contributed by atoms with Crippen molar-refractivity contribution in [3.8, 4) is 11.5 Å². The van der Waals surface area contributed by atoms with Gasteiger partial charge in [-0.25, -0.2) is 0 Å². The van der Waals surface area contributed by atoms with Crippen LogP contribution in [-0.2, 0) is 12.8 Å². The Hall–Kier alpha value is -2.21. The van der Waals surface area contributed by atoms with Crippen LogP contribution in [0.4, 0.5) is 5.69 Å². The molecule has 2 aromatic rings. The number of anilines is 1. The van der Waals surface area contributed by atoms with Gasteiger partial charge in [-0.05, 0) is 31.4 Å². The zero-order valence-corrected chi connectivity index (χ0v) is 16.1. The summed E-state index contributed by atoms with van der Waals surface area (Å²) in [6, 6.07) is 8.05. The van der Waals surface area contributed by atoms with Gasteiger partial charge in [-0.3, -0.25) is 4.79 Å². The van der Waals surface area contributed by atoms with Gasteiger partial charge in [0.15, 0.2) is 0 Å². The van der Waals surface area contributed by atoms with Crippen LogP contribution in [-0.4, -0.2) is 51.2 Å². The molecule has 0 saturated carbocycles. The van der Waals surface area contributed by atoms with Gasteiger partial charge in [0.25, 0.3) is 5.91 Å². The van der Waals surface area contributed by atoms with Crippen molar-refractivity contribution in [3.63, 3.8) is 0 Å². The molecule has 1 amide bonds. The van der Waals surface area contributed by atoms with Crippen molar-refractivity contribution in [2.45, 2.75) is 19.3 Å². The Kier molecular flexibility index (Phi) is 4.76. The van der Waals surface area contributed by atoms with E-state index in [9.17, 15) is 4.79 Å². The highest BCUT2D eigenvalue weighted by Crippen LogP contribution is 2.41. The molecule has 1 aliphatic heterocycles. The van der Waals surface area contributed by atoms with E-state index in [1.54, 1.807) is 25.6 Å². The summed E-state index contributed by atoms with van der Waals surface area (Å²) in [5.41, 5.74) is 2.35. The standard InChI is InChI=1S/C20H24N2O3S/c1-24-16-8-4-3-7-15(16)21-10-12-22(13-11-21)20(23)19-18(25-2)14-6-5-9-17(14)26-19/h3-4,7-8H,5-6,9-13H2,1-2H3. The Morgan fingerprint density at radius 1 is 1.04 bits per heavy atom. The van der Waals surface area contributed by atoms with Crippen LogP contribution in [0.3, 0.4) is 0 Å². The zero-order valence-electron chi connectivity index (χ0n) is 15.3. The van der Waals surface area contributed by atoms with Crippen molar-refractivity contribution in [2.75, 3.05) is 45.3 Å². The molecule has 5 nitrogen and oxygen atoms in total. The Labute approximate surface area is 158 Å². The van der Waals surface area contributed by atoms with Crippen LogP contribution in [0.2, 0.25) is 0 Å². The second kappa shape index (κ2) is 7.19. The van der Waals surface area contributed by atoms with Crippen LogP contribution in [0.15, 0.2) is 24.3 Å². The summed E-state index contributed by atoms with van der Waals surface area (Å²) in [7, 11) is 3.37.